The number of rotatable bonds is 58. The number of carboxylic acids is 1. The molecule has 0 saturated carbocycles. The minimum absolute atomic E-state index is 0.136. The first-order chi connectivity index (χ1) is 38.6. The summed E-state index contributed by atoms with van der Waals surface area (Å²) in [6.45, 7) is 4.59. The second kappa shape index (κ2) is 60.1. The number of quaternary nitrogens is 1. The van der Waals surface area contributed by atoms with Gasteiger partial charge in [-0.1, -0.05) is 252 Å². The molecule has 2 unspecified atom stereocenters. The molecule has 0 fully saturated rings. The molecular weight excluding hydrogens is 983 g/mol. The number of esters is 2. The van der Waals surface area contributed by atoms with E-state index >= 15 is 0 Å². The topological polar surface area (TPSA) is 111 Å². The molecule has 0 aliphatic rings. The van der Waals surface area contributed by atoms with Crippen LogP contribution in [0.3, 0.4) is 0 Å². The number of aliphatic carboxylic acids is 1. The predicted molar refractivity (Wildman–Crippen MR) is 333 cm³/mol. The van der Waals surface area contributed by atoms with E-state index in [0.29, 0.717) is 17.4 Å². The Morgan fingerprint density at radius 3 is 1.09 bits per heavy atom. The van der Waals surface area contributed by atoms with Crippen molar-refractivity contribution in [2.45, 2.75) is 270 Å². The summed E-state index contributed by atoms with van der Waals surface area (Å²) in [5.74, 6) is -2.33. The first-order valence-electron chi connectivity index (χ1n) is 32.0. The minimum Gasteiger partial charge on any atom is -0.545 e. The average molecular weight is 1100 g/mol. The van der Waals surface area contributed by atoms with Gasteiger partial charge in [0.05, 0.1) is 40.3 Å². The summed E-state index contributed by atoms with van der Waals surface area (Å²) in [4.78, 5) is 37.4. The molecule has 0 aliphatic heterocycles. The monoisotopic (exact) mass is 1100 g/mol. The van der Waals surface area contributed by atoms with Crippen LogP contribution in [0.1, 0.15) is 258 Å². The number of hydrogen-bond acceptors (Lipinski definition) is 8. The van der Waals surface area contributed by atoms with Gasteiger partial charge < -0.3 is 33.3 Å². The molecule has 9 heteroatoms. The maximum Gasteiger partial charge on any atom is 0.306 e. The van der Waals surface area contributed by atoms with Crippen molar-refractivity contribution in [3.05, 3.63) is 109 Å². The summed E-state index contributed by atoms with van der Waals surface area (Å²) in [6.07, 6.45) is 80.1. The van der Waals surface area contributed by atoms with Crippen LogP contribution in [0.5, 0.6) is 0 Å². The third kappa shape index (κ3) is 61.4. The quantitative estimate of drug-likeness (QED) is 0.0195. The molecule has 452 valence electrons. The van der Waals surface area contributed by atoms with Gasteiger partial charge in [-0.05, 0) is 103 Å². The highest BCUT2D eigenvalue weighted by atomic mass is 16.7. The Morgan fingerprint density at radius 1 is 0.392 bits per heavy atom. The Hall–Kier alpha value is -4.05. The van der Waals surface area contributed by atoms with E-state index < -0.39 is 24.3 Å². The van der Waals surface area contributed by atoms with Gasteiger partial charge in [0.15, 0.2) is 12.4 Å². The van der Waals surface area contributed by atoms with Crippen molar-refractivity contribution in [2.24, 2.45) is 0 Å². The Bertz CT molecular complexity index is 1660. The van der Waals surface area contributed by atoms with Crippen LogP contribution >= 0.6 is 0 Å². The van der Waals surface area contributed by atoms with E-state index in [9.17, 15) is 19.5 Å². The van der Waals surface area contributed by atoms with Crippen molar-refractivity contribution in [3.63, 3.8) is 0 Å². The fourth-order valence-corrected chi connectivity index (χ4v) is 8.61. The van der Waals surface area contributed by atoms with E-state index in [-0.39, 0.29) is 38.6 Å². The van der Waals surface area contributed by atoms with Crippen LogP contribution in [0.4, 0.5) is 0 Å². The number of hydrogen-bond donors (Lipinski definition) is 0. The van der Waals surface area contributed by atoms with Gasteiger partial charge in [0.1, 0.15) is 13.2 Å². The Kier molecular flexibility index (Phi) is 57.0. The van der Waals surface area contributed by atoms with Gasteiger partial charge in [-0.15, -0.1) is 0 Å². The fourth-order valence-electron chi connectivity index (χ4n) is 8.61. The zero-order valence-corrected chi connectivity index (χ0v) is 51.5. The van der Waals surface area contributed by atoms with Crippen molar-refractivity contribution in [1.29, 1.82) is 0 Å². The molecule has 9 nitrogen and oxygen atoms in total. The normalized spacial score (nSPS) is 13.5. The van der Waals surface area contributed by atoms with Crippen molar-refractivity contribution < 1.29 is 42.9 Å². The Morgan fingerprint density at radius 2 is 0.722 bits per heavy atom. The first kappa shape index (κ1) is 75.0. The molecule has 2 atom stereocenters. The molecule has 0 radical (unpaired) electrons. The molecule has 0 aromatic heterocycles. The largest absolute Gasteiger partial charge is 0.545 e. The van der Waals surface area contributed by atoms with E-state index in [2.05, 4.69) is 123 Å². The molecule has 0 spiro atoms. The summed E-state index contributed by atoms with van der Waals surface area (Å²) >= 11 is 0. The number of likely N-dealkylation sites (N-methyl/N-ethyl adjacent to an activating group) is 1. The summed E-state index contributed by atoms with van der Waals surface area (Å²) in [5.41, 5.74) is 0. The maximum atomic E-state index is 12.9. The van der Waals surface area contributed by atoms with E-state index in [1.54, 1.807) is 0 Å². The van der Waals surface area contributed by atoms with E-state index in [4.69, 9.17) is 18.9 Å². The average Bonchev–Trinajstić information content (AvgIpc) is 3.42. The van der Waals surface area contributed by atoms with Crippen LogP contribution in [0.2, 0.25) is 0 Å². The van der Waals surface area contributed by atoms with Crippen LogP contribution in [-0.4, -0.2) is 82.3 Å². The minimum atomic E-state index is -1.64. The van der Waals surface area contributed by atoms with Crippen molar-refractivity contribution >= 4 is 17.9 Å². The van der Waals surface area contributed by atoms with Crippen LogP contribution in [0.25, 0.3) is 0 Å². The van der Waals surface area contributed by atoms with Gasteiger partial charge >= 0.3 is 11.9 Å². The molecule has 0 aromatic carbocycles. The zero-order chi connectivity index (χ0) is 57.6. The number of carbonyl (C=O) groups excluding carboxylic acids is 3. The number of ether oxygens (including phenoxy) is 4. The second-order valence-electron chi connectivity index (χ2n) is 22.3. The molecule has 0 amide bonds. The Labute approximate surface area is 485 Å². The SMILES string of the molecule is CC/C=C\C/C=C\C/C=C\C/C=C\C/C=C\C/C=C\C/C=C\CCCCCC(=O)OC(COC(=O)CCCCCCCCCCCCCCCCCCC/C=C\C/C=C\CCCCCCC)COC(OCC[N+](C)(C)C)C(=O)[O-]. The lowest BCUT2D eigenvalue weighted by atomic mass is 10.0. The smallest absolute Gasteiger partial charge is 0.306 e. The van der Waals surface area contributed by atoms with E-state index in [1.807, 2.05) is 21.1 Å². The predicted octanol–water partition coefficient (Wildman–Crippen LogP) is 18.1. The van der Waals surface area contributed by atoms with Crippen LogP contribution < -0.4 is 5.11 Å². The first-order valence-corrected chi connectivity index (χ1v) is 32.0. The molecule has 0 rings (SSSR count). The molecular formula is C70H119NO8. The standard InChI is InChI=1S/C70H119NO8/c1-6-8-10-12-14-16-18-20-22-24-26-28-30-32-33-34-35-37-38-40-42-44-46-48-50-52-54-56-58-60-67(72)77-64-66(65-78-70(69(74)75)76-63-62-71(3,4)5)79-68(73)61-59-57-55-53-51-49-47-45-43-41-39-36-31-29-27-25-23-21-19-17-15-13-11-9-7-2/h9,11,15,17-18,20-21,23-24,26-27,29,36,39,43,45,49,51,66,70H,6-8,10,12-14,16,19,22,25,28,30-35,37-38,40-42,44,46-48,50,52-65H2,1-5H3/b11-9-,17-15-,20-18-,23-21-,26-24-,29-27-,39-36-,45-43-,51-49-. The third-order valence-corrected chi connectivity index (χ3v) is 13.5. The highest BCUT2D eigenvalue weighted by molar-refractivity contribution is 5.70. The highest BCUT2D eigenvalue weighted by Gasteiger charge is 2.22. The summed E-state index contributed by atoms with van der Waals surface area (Å²) < 4.78 is 22.7. The van der Waals surface area contributed by atoms with Gasteiger partial charge in [-0.3, -0.25) is 9.59 Å². The number of carboxylic acid groups (broad SMARTS) is 1. The number of unbranched alkanes of at least 4 members (excludes halogenated alkanes) is 25. The molecule has 0 saturated heterocycles. The lowest BCUT2D eigenvalue weighted by Crippen LogP contribution is -2.44. The molecule has 0 bridgehead atoms. The van der Waals surface area contributed by atoms with Crippen LogP contribution in [0.15, 0.2) is 109 Å². The van der Waals surface area contributed by atoms with Crippen molar-refractivity contribution in [1.82, 2.24) is 0 Å². The number of allylic oxidation sites excluding steroid dienone is 18. The van der Waals surface area contributed by atoms with Crippen molar-refractivity contribution in [3.8, 4) is 0 Å². The maximum absolute atomic E-state index is 12.9. The molecule has 79 heavy (non-hydrogen) atoms. The molecule has 0 heterocycles. The molecule has 0 aromatic rings. The zero-order valence-electron chi connectivity index (χ0n) is 51.5. The summed E-state index contributed by atoms with van der Waals surface area (Å²) in [7, 11) is 5.91. The van der Waals surface area contributed by atoms with Gasteiger partial charge in [0.25, 0.3) is 0 Å². The van der Waals surface area contributed by atoms with E-state index in [1.165, 1.54) is 135 Å². The van der Waals surface area contributed by atoms with Crippen molar-refractivity contribution in [2.75, 3.05) is 47.5 Å². The van der Waals surface area contributed by atoms with E-state index in [0.717, 1.165) is 89.9 Å². The van der Waals surface area contributed by atoms with Gasteiger partial charge in [0.2, 0.25) is 0 Å². The Balaban J connectivity index is 4.24. The summed E-state index contributed by atoms with van der Waals surface area (Å²) in [5, 5.41) is 11.8. The lowest BCUT2D eigenvalue weighted by Gasteiger charge is -2.26. The van der Waals surface area contributed by atoms with Crippen LogP contribution in [-0.2, 0) is 33.3 Å². The second-order valence-corrected chi connectivity index (χ2v) is 22.3. The molecule has 0 aliphatic carbocycles. The van der Waals surface area contributed by atoms with Crippen LogP contribution in [0, 0.1) is 0 Å². The van der Waals surface area contributed by atoms with Gasteiger partial charge in [0, 0.05) is 12.8 Å². The number of nitrogens with zero attached hydrogens (tertiary/aromatic N) is 1. The molecule has 0 N–H and O–H groups in total. The summed E-state index contributed by atoms with van der Waals surface area (Å²) in [6, 6.07) is 0. The van der Waals surface area contributed by atoms with Gasteiger partial charge in [-0.25, -0.2) is 0 Å². The number of carbonyl (C=O) groups is 3. The highest BCUT2D eigenvalue weighted by Crippen LogP contribution is 2.16. The lowest BCUT2D eigenvalue weighted by molar-refractivity contribution is -0.870. The fraction of sp³-hybridized carbons (Fsp3) is 0.700. The third-order valence-electron chi connectivity index (χ3n) is 13.5. The van der Waals surface area contributed by atoms with Gasteiger partial charge in [-0.2, -0.15) is 0 Å².